The lowest BCUT2D eigenvalue weighted by Gasteiger charge is -2.11. The molecule has 22 heavy (non-hydrogen) atoms. The van der Waals surface area contributed by atoms with Gasteiger partial charge in [0.25, 0.3) is 0 Å². The summed E-state index contributed by atoms with van der Waals surface area (Å²) in [5, 5.41) is 13.0. The molecule has 2 aromatic rings. The summed E-state index contributed by atoms with van der Waals surface area (Å²) in [5.41, 5.74) is 5.30. The van der Waals surface area contributed by atoms with Crippen LogP contribution in [0.1, 0.15) is 30.0 Å². The largest absolute Gasteiger partial charge is 0.383 e. The lowest BCUT2D eigenvalue weighted by molar-refractivity contribution is -0.0437. The molecule has 0 spiro atoms. The molecule has 2 aromatic carbocycles. The van der Waals surface area contributed by atoms with Crippen molar-refractivity contribution in [3.8, 4) is 11.5 Å². The number of hydrogen-bond acceptors (Lipinski definition) is 5. The van der Waals surface area contributed by atoms with Crippen molar-refractivity contribution in [2.45, 2.75) is 27.2 Å². The first kappa shape index (κ1) is 16.0. The van der Waals surface area contributed by atoms with Crippen LogP contribution in [0.15, 0.2) is 47.6 Å². The lowest BCUT2D eigenvalue weighted by atomic mass is 10.0. The van der Waals surface area contributed by atoms with E-state index < -0.39 is 0 Å². The van der Waals surface area contributed by atoms with Crippen molar-refractivity contribution in [1.29, 1.82) is 0 Å². The number of benzene rings is 2. The van der Waals surface area contributed by atoms with E-state index in [9.17, 15) is 0 Å². The fourth-order valence-electron chi connectivity index (χ4n) is 2.07. The minimum Gasteiger partial charge on any atom is -0.383 e. The average molecular weight is 300 g/mol. The van der Waals surface area contributed by atoms with Gasteiger partial charge in [0.05, 0.1) is 5.71 Å². The molecule has 0 radical (unpaired) electrons. The van der Waals surface area contributed by atoms with Gasteiger partial charge in [-0.15, -0.1) is 0 Å². The first-order chi connectivity index (χ1) is 10.7. The molecule has 5 heteroatoms. The Bertz CT molecular complexity index is 669. The zero-order chi connectivity index (χ0) is 15.9. The van der Waals surface area contributed by atoms with Gasteiger partial charge in [0.15, 0.2) is 11.5 Å². The van der Waals surface area contributed by atoms with Crippen LogP contribution < -0.4 is 15.3 Å². The number of oxime groups is 1. The Kier molecular flexibility index (Phi) is 5.52. The molecule has 0 aromatic heterocycles. The molecule has 0 heterocycles. The third-order valence-electron chi connectivity index (χ3n) is 3.28. The van der Waals surface area contributed by atoms with Crippen LogP contribution in [0, 0.1) is 13.8 Å². The summed E-state index contributed by atoms with van der Waals surface area (Å²) in [6.45, 7) is 5.93. The number of nitrogens with zero attached hydrogens (tertiary/aromatic N) is 1. The summed E-state index contributed by atoms with van der Waals surface area (Å²) < 4.78 is 0. The summed E-state index contributed by atoms with van der Waals surface area (Å²) in [6.07, 6.45) is 0.664. The van der Waals surface area contributed by atoms with Crippen LogP contribution in [-0.4, -0.2) is 10.9 Å². The maximum Gasteiger partial charge on any atom is 0.160 e. The van der Waals surface area contributed by atoms with Crippen LogP contribution in [0.2, 0.25) is 0 Å². The zero-order valence-corrected chi connectivity index (χ0v) is 13.0. The maximum absolute atomic E-state index is 8.77. The van der Waals surface area contributed by atoms with Crippen molar-refractivity contribution in [1.82, 2.24) is 5.64 Å². The molecule has 0 amide bonds. The first-order valence-electron chi connectivity index (χ1n) is 7.12. The SMILES string of the molecule is CC/C(=N\Oc1ccccc1C)c1cc(C)ccc1ONO. The monoisotopic (exact) mass is 300 g/mol. The summed E-state index contributed by atoms with van der Waals surface area (Å²) in [4.78, 5) is 10.6. The first-order valence-corrected chi connectivity index (χ1v) is 7.12. The molecule has 5 nitrogen and oxygen atoms in total. The summed E-state index contributed by atoms with van der Waals surface area (Å²) in [5.74, 6) is 1.20. The molecule has 0 bridgehead atoms. The number of rotatable bonds is 6. The fourth-order valence-corrected chi connectivity index (χ4v) is 2.07. The van der Waals surface area contributed by atoms with Gasteiger partial charge >= 0.3 is 0 Å². The van der Waals surface area contributed by atoms with Crippen LogP contribution in [0.4, 0.5) is 0 Å². The molecule has 0 saturated heterocycles. The molecule has 0 aliphatic rings. The van der Waals surface area contributed by atoms with E-state index in [1.165, 1.54) is 0 Å². The molecule has 0 saturated carbocycles. The Balaban J connectivity index is 2.33. The van der Waals surface area contributed by atoms with Crippen LogP contribution in [0.5, 0.6) is 11.5 Å². The smallest absolute Gasteiger partial charge is 0.160 e. The van der Waals surface area contributed by atoms with Gasteiger partial charge < -0.3 is 9.68 Å². The Morgan fingerprint density at radius 3 is 2.59 bits per heavy atom. The Morgan fingerprint density at radius 1 is 1.14 bits per heavy atom. The number of aryl methyl sites for hydroxylation is 2. The minimum absolute atomic E-state index is 0.488. The standard InChI is InChI=1S/C17H20N2O3/c1-4-15(18-21-16-8-6-5-7-13(16)3)14-11-12(2)9-10-17(14)22-19-20/h5-11,19-20H,4H2,1-3H3/b18-15+. The van der Waals surface area contributed by atoms with Crippen LogP contribution in [-0.2, 0) is 0 Å². The zero-order valence-electron chi connectivity index (χ0n) is 13.0. The third-order valence-corrected chi connectivity index (χ3v) is 3.28. The minimum atomic E-state index is 0.488. The van der Waals surface area contributed by atoms with E-state index in [0.29, 0.717) is 17.9 Å². The van der Waals surface area contributed by atoms with Gasteiger partial charge in [-0.2, -0.15) is 0 Å². The number of para-hydroxylation sites is 1. The number of hydrogen-bond donors (Lipinski definition) is 2. The molecular formula is C17H20N2O3. The molecule has 0 unspecified atom stereocenters. The molecule has 116 valence electrons. The molecule has 0 aliphatic carbocycles. The van der Waals surface area contributed by atoms with E-state index in [-0.39, 0.29) is 0 Å². The highest BCUT2D eigenvalue weighted by Gasteiger charge is 2.11. The van der Waals surface area contributed by atoms with Crippen molar-refractivity contribution in [3.05, 3.63) is 59.2 Å². The van der Waals surface area contributed by atoms with Gasteiger partial charge in [-0.3, -0.25) is 5.21 Å². The van der Waals surface area contributed by atoms with E-state index in [1.807, 2.05) is 57.2 Å². The predicted molar refractivity (Wildman–Crippen MR) is 85.4 cm³/mol. The summed E-state index contributed by atoms with van der Waals surface area (Å²) in [7, 11) is 0. The Labute approximate surface area is 130 Å². The highest BCUT2D eigenvalue weighted by atomic mass is 16.8. The van der Waals surface area contributed by atoms with Crippen LogP contribution in [0.25, 0.3) is 0 Å². The molecular weight excluding hydrogens is 280 g/mol. The van der Waals surface area contributed by atoms with Gasteiger partial charge in [-0.25, -0.2) is 0 Å². The van der Waals surface area contributed by atoms with E-state index >= 15 is 0 Å². The topological polar surface area (TPSA) is 63.1 Å². The highest BCUT2D eigenvalue weighted by molar-refractivity contribution is 6.02. The molecule has 2 rings (SSSR count). The number of nitrogens with one attached hydrogen (secondary N) is 1. The van der Waals surface area contributed by atoms with Crippen molar-refractivity contribution in [2.75, 3.05) is 0 Å². The van der Waals surface area contributed by atoms with Gasteiger partial charge in [0, 0.05) is 5.56 Å². The van der Waals surface area contributed by atoms with Crippen molar-refractivity contribution >= 4 is 5.71 Å². The van der Waals surface area contributed by atoms with Gasteiger partial charge in [-0.05, 0) is 49.7 Å². The second-order valence-corrected chi connectivity index (χ2v) is 4.94. The molecule has 2 N–H and O–H groups in total. The highest BCUT2D eigenvalue weighted by Crippen LogP contribution is 2.23. The third kappa shape index (κ3) is 3.84. The van der Waals surface area contributed by atoms with Crippen molar-refractivity contribution in [2.24, 2.45) is 5.16 Å². The maximum atomic E-state index is 8.77. The summed E-state index contributed by atoms with van der Waals surface area (Å²) >= 11 is 0. The normalized spacial score (nSPS) is 11.4. The van der Waals surface area contributed by atoms with Gasteiger partial charge in [0.1, 0.15) is 0 Å². The van der Waals surface area contributed by atoms with Gasteiger partial charge in [0.2, 0.25) is 0 Å². The van der Waals surface area contributed by atoms with Gasteiger partial charge in [-0.1, -0.05) is 41.9 Å². The van der Waals surface area contributed by atoms with Crippen LogP contribution >= 0.6 is 0 Å². The molecule has 0 aliphatic heterocycles. The Morgan fingerprint density at radius 2 is 1.91 bits per heavy atom. The quantitative estimate of drug-likeness (QED) is 0.629. The average Bonchev–Trinajstić information content (AvgIpc) is 2.52. The molecule has 0 atom stereocenters. The Hall–Kier alpha value is -2.37. The van der Waals surface area contributed by atoms with E-state index in [4.69, 9.17) is 14.9 Å². The van der Waals surface area contributed by atoms with E-state index in [0.717, 1.165) is 22.4 Å². The predicted octanol–water partition coefficient (Wildman–Crippen LogP) is 3.77. The lowest BCUT2D eigenvalue weighted by Crippen LogP contribution is -2.15. The second-order valence-electron chi connectivity index (χ2n) is 4.94. The summed E-state index contributed by atoms with van der Waals surface area (Å²) in [6, 6.07) is 13.3. The van der Waals surface area contributed by atoms with E-state index in [1.54, 1.807) is 11.7 Å². The van der Waals surface area contributed by atoms with Crippen LogP contribution in [0.3, 0.4) is 0 Å². The van der Waals surface area contributed by atoms with E-state index in [2.05, 4.69) is 5.16 Å². The molecule has 0 fully saturated rings. The second kappa shape index (κ2) is 7.59. The van der Waals surface area contributed by atoms with Crippen molar-refractivity contribution < 1.29 is 14.9 Å². The fraction of sp³-hybridized carbons (Fsp3) is 0.235. The van der Waals surface area contributed by atoms with Crippen molar-refractivity contribution in [3.63, 3.8) is 0 Å².